The summed E-state index contributed by atoms with van der Waals surface area (Å²) in [6, 6.07) is 22.6. The molecule has 0 radical (unpaired) electrons. The highest BCUT2D eigenvalue weighted by Crippen LogP contribution is 2.36. The molecule has 3 aromatic rings. The lowest BCUT2D eigenvalue weighted by molar-refractivity contribution is -0.941. The molecule has 33 heavy (non-hydrogen) atoms. The molecular weight excluding hydrogens is 428 g/mol. The van der Waals surface area contributed by atoms with Gasteiger partial charge < -0.3 is 9.22 Å². The molecule has 4 nitrogen and oxygen atoms in total. The second-order valence-electron chi connectivity index (χ2n) is 9.28. The summed E-state index contributed by atoms with van der Waals surface area (Å²) in [6.07, 6.45) is 6.54. The first-order chi connectivity index (χ1) is 16.2. The highest BCUT2D eigenvalue weighted by molar-refractivity contribution is 7.08. The number of anilines is 1. The topological polar surface area (TPSA) is 29.5 Å². The van der Waals surface area contributed by atoms with Crippen LogP contribution in [0.15, 0.2) is 83.6 Å². The van der Waals surface area contributed by atoms with E-state index in [1.807, 2.05) is 41.1 Å². The third-order valence-electron chi connectivity index (χ3n) is 7.12. The molecule has 3 saturated heterocycles. The summed E-state index contributed by atoms with van der Waals surface area (Å²) in [6.45, 7) is 4.78. The first kappa shape index (κ1) is 21.9. The first-order valence-corrected chi connectivity index (χ1v) is 12.8. The molecule has 3 aliphatic heterocycles. The largest absolute Gasteiger partial charge is 0.440 e. The normalized spacial score (nSPS) is 24.1. The Morgan fingerprint density at radius 1 is 1.03 bits per heavy atom. The predicted octanol–water partition coefficient (Wildman–Crippen LogP) is 6.21. The smallest absolute Gasteiger partial charge is 0.415 e. The number of quaternary nitrogens is 1. The quantitative estimate of drug-likeness (QED) is 0.393. The van der Waals surface area contributed by atoms with Crippen LogP contribution in [0.1, 0.15) is 24.0 Å². The highest BCUT2D eigenvalue weighted by atomic mass is 32.1. The molecular formula is C28H31N2O2S+. The summed E-state index contributed by atoms with van der Waals surface area (Å²) in [7, 11) is 0. The Hall–Kier alpha value is -2.89. The molecule has 5 heteroatoms. The van der Waals surface area contributed by atoms with Gasteiger partial charge in [0, 0.05) is 24.1 Å². The molecule has 0 spiro atoms. The van der Waals surface area contributed by atoms with Crippen molar-refractivity contribution in [2.45, 2.75) is 25.5 Å². The van der Waals surface area contributed by atoms with Gasteiger partial charge in [0.1, 0.15) is 6.54 Å². The van der Waals surface area contributed by atoms with Crippen LogP contribution in [0.5, 0.6) is 0 Å². The first-order valence-electron chi connectivity index (χ1n) is 11.8. The van der Waals surface area contributed by atoms with Crippen molar-refractivity contribution in [1.29, 1.82) is 0 Å². The van der Waals surface area contributed by atoms with Crippen LogP contribution in [0.3, 0.4) is 0 Å². The number of thiophene rings is 1. The van der Waals surface area contributed by atoms with E-state index in [4.69, 9.17) is 4.74 Å². The van der Waals surface area contributed by atoms with Crippen LogP contribution < -0.4 is 4.90 Å². The van der Waals surface area contributed by atoms with E-state index in [2.05, 4.69) is 48.6 Å². The van der Waals surface area contributed by atoms with Crippen molar-refractivity contribution in [2.24, 2.45) is 5.92 Å². The molecule has 1 amide bonds. The van der Waals surface area contributed by atoms with Crippen LogP contribution in [0, 0.1) is 5.92 Å². The zero-order chi connectivity index (χ0) is 22.5. The standard InChI is InChI=1S/C28H31N2O2S/c31-28(29(26-15-19-33-22-26)20-24-10-5-2-6-11-24)32-27-21-30(17-13-25(27)14-18-30)16-7-12-23-8-3-1-4-9-23/h1-12,15,19,22,25,27H,13-14,16-18,20-21H2/q+1/t25?,27-,30?/m0/s1. The van der Waals surface area contributed by atoms with Crippen molar-refractivity contribution in [1.82, 2.24) is 0 Å². The summed E-state index contributed by atoms with van der Waals surface area (Å²) >= 11 is 1.60. The number of rotatable bonds is 7. The molecule has 0 unspecified atom stereocenters. The number of hydrogen-bond acceptors (Lipinski definition) is 3. The number of piperidine rings is 3. The maximum atomic E-state index is 13.4. The van der Waals surface area contributed by atoms with Crippen LogP contribution >= 0.6 is 11.3 Å². The van der Waals surface area contributed by atoms with Gasteiger partial charge in [-0.15, -0.1) is 0 Å². The zero-order valence-electron chi connectivity index (χ0n) is 18.9. The van der Waals surface area contributed by atoms with Gasteiger partial charge in [0.2, 0.25) is 0 Å². The lowest BCUT2D eigenvalue weighted by Crippen LogP contribution is -2.64. The molecule has 0 aliphatic carbocycles. The Kier molecular flexibility index (Phi) is 6.60. The van der Waals surface area contributed by atoms with E-state index in [0.717, 1.165) is 41.7 Å². The van der Waals surface area contributed by atoms with Crippen LogP contribution in [-0.4, -0.2) is 42.9 Å². The maximum Gasteiger partial charge on any atom is 0.415 e. The summed E-state index contributed by atoms with van der Waals surface area (Å²) in [5.41, 5.74) is 3.24. The Labute approximate surface area is 200 Å². The van der Waals surface area contributed by atoms with Gasteiger partial charge in [-0.3, -0.25) is 4.90 Å². The number of amides is 1. The Bertz CT molecular complexity index is 1060. The van der Waals surface area contributed by atoms with Gasteiger partial charge in [0.15, 0.2) is 6.10 Å². The van der Waals surface area contributed by atoms with Gasteiger partial charge in [-0.2, -0.15) is 11.3 Å². The number of fused-ring (bicyclic) bond motifs is 3. The van der Waals surface area contributed by atoms with Crippen LogP contribution in [0.2, 0.25) is 0 Å². The molecule has 1 aromatic heterocycles. The Morgan fingerprint density at radius 3 is 2.45 bits per heavy atom. The molecule has 3 aliphatic rings. The third-order valence-corrected chi connectivity index (χ3v) is 7.79. The Balaban J connectivity index is 1.26. The summed E-state index contributed by atoms with van der Waals surface area (Å²) in [5.74, 6) is 0.480. The van der Waals surface area contributed by atoms with Gasteiger partial charge in [-0.25, -0.2) is 4.79 Å². The minimum Gasteiger partial charge on any atom is -0.440 e. The minimum atomic E-state index is -0.228. The molecule has 3 fully saturated rings. The molecule has 0 saturated carbocycles. The van der Waals surface area contributed by atoms with Crippen molar-refractivity contribution in [2.75, 3.05) is 31.1 Å². The van der Waals surface area contributed by atoms with E-state index in [1.165, 1.54) is 18.7 Å². The SMILES string of the molecule is O=C(O[C@H]1C[N+]2(CC=Cc3ccccc3)CCC1CC2)N(Cc1ccccc1)c1ccsc1. The van der Waals surface area contributed by atoms with E-state index in [0.29, 0.717) is 12.5 Å². The highest BCUT2D eigenvalue weighted by Gasteiger charge is 2.47. The minimum absolute atomic E-state index is 0.0120. The number of nitrogens with zero attached hydrogens (tertiary/aromatic N) is 2. The Morgan fingerprint density at radius 2 is 1.76 bits per heavy atom. The molecule has 6 rings (SSSR count). The van der Waals surface area contributed by atoms with Crippen molar-refractivity contribution >= 4 is 29.2 Å². The molecule has 4 heterocycles. The lowest BCUT2D eigenvalue weighted by atomic mass is 9.83. The van der Waals surface area contributed by atoms with Gasteiger partial charge in [-0.05, 0) is 28.6 Å². The number of hydrogen-bond donors (Lipinski definition) is 0. The van der Waals surface area contributed by atoms with Crippen molar-refractivity contribution in [3.05, 3.63) is 94.7 Å². The van der Waals surface area contributed by atoms with Gasteiger partial charge in [0.05, 0.1) is 31.9 Å². The van der Waals surface area contributed by atoms with E-state index < -0.39 is 0 Å². The molecule has 170 valence electrons. The van der Waals surface area contributed by atoms with E-state index in [-0.39, 0.29) is 12.2 Å². The fraction of sp³-hybridized carbons (Fsp3) is 0.321. The molecule has 0 N–H and O–H groups in total. The lowest BCUT2D eigenvalue weighted by Gasteiger charge is -2.51. The predicted molar refractivity (Wildman–Crippen MR) is 135 cm³/mol. The van der Waals surface area contributed by atoms with Crippen LogP contribution in [0.4, 0.5) is 10.5 Å². The van der Waals surface area contributed by atoms with E-state index in [1.54, 1.807) is 16.2 Å². The summed E-state index contributed by atoms with van der Waals surface area (Å²) in [5, 5.41) is 4.03. The van der Waals surface area contributed by atoms with E-state index in [9.17, 15) is 4.79 Å². The van der Waals surface area contributed by atoms with Crippen LogP contribution in [0.25, 0.3) is 6.08 Å². The second kappa shape index (κ2) is 9.94. The number of benzene rings is 2. The van der Waals surface area contributed by atoms with Crippen molar-refractivity contribution < 1.29 is 14.0 Å². The van der Waals surface area contributed by atoms with Gasteiger partial charge >= 0.3 is 6.09 Å². The van der Waals surface area contributed by atoms with Gasteiger partial charge in [-0.1, -0.05) is 66.7 Å². The number of carbonyl (C=O) groups excluding carboxylic acids is 1. The summed E-state index contributed by atoms with van der Waals surface area (Å²) in [4.78, 5) is 15.2. The summed E-state index contributed by atoms with van der Waals surface area (Å²) < 4.78 is 7.25. The van der Waals surface area contributed by atoms with Gasteiger partial charge in [0.25, 0.3) is 0 Å². The number of ether oxygens (including phenoxy) is 1. The van der Waals surface area contributed by atoms with Crippen molar-refractivity contribution in [3.8, 4) is 0 Å². The monoisotopic (exact) mass is 459 g/mol. The zero-order valence-corrected chi connectivity index (χ0v) is 19.7. The average Bonchev–Trinajstić information content (AvgIpc) is 3.39. The van der Waals surface area contributed by atoms with Crippen molar-refractivity contribution in [3.63, 3.8) is 0 Å². The fourth-order valence-corrected chi connectivity index (χ4v) is 5.86. The second-order valence-corrected chi connectivity index (χ2v) is 10.1. The number of carbonyl (C=O) groups is 1. The third kappa shape index (κ3) is 5.21. The molecule has 2 bridgehead atoms. The molecule has 2 aromatic carbocycles. The maximum absolute atomic E-state index is 13.4. The van der Waals surface area contributed by atoms with Crippen LogP contribution in [-0.2, 0) is 11.3 Å². The fourth-order valence-electron chi connectivity index (χ4n) is 5.22. The molecule has 1 atom stereocenters. The van der Waals surface area contributed by atoms with E-state index >= 15 is 0 Å². The average molecular weight is 460 g/mol.